The van der Waals surface area contributed by atoms with Crippen molar-refractivity contribution in [3.8, 4) is 0 Å². The number of carboxylic acid groups (broad SMARTS) is 1. The third-order valence-electron chi connectivity index (χ3n) is 6.32. The van der Waals surface area contributed by atoms with E-state index in [1.54, 1.807) is 0 Å². The van der Waals surface area contributed by atoms with Crippen LogP contribution in [-0.2, 0) is 4.79 Å². The first kappa shape index (κ1) is 15.8. The molecule has 0 aliphatic heterocycles. The molecule has 2 fully saturated rings. The maximum Gasteiger partial charge on any atom is 0.307 e. The van der Waals surface area contributed by atoms with E-state index in [1.165, 1.54) is 25.7 Å². The lowest BCUT2D eigenvalue weighted by Crippen LogP contribution is -2.53. The van der Waals surface area contributed by atoms with Crippen molar-refractivity contribution in [2.24, 2.45) is 23.2 Å². The molecule has 0 aromatic heterocycles. The number of aliphatic carboxylic acids is 1. The number of rotatable bonds is 4. The third kappa shape index (κ3) is 3.03. The van der Waals surface area contributed by atoms with Crippen molar-refractivity contribution >= 4 is 5.97 Å². The number of nitrogens with one attached hydrogen (secondary N) is 1. The summed E-state index contributed by atoms with van der Waals surface area (Å²) in [6.07, 6.45) is 7.28. The Labute approximate surface area is 123 Å². The van der Waals surface area contributed by atoms with Gasteiger partial charge in [0, 0.05) is 12.1 Å². The number of carbonyl (C=O) groups is 1. The zero-order valence-corrected chi connectivity index (χ0v) is 13.5. The molecule has 4 unspecified atom stereocenters. The molecule has 3 nitrogen and oxygen atoms in total. The van der Waals surface area contributed by atoms with Gasteiger partial charge in [0.1, 0.15) is 0 Å². The van der Waals surface area contributed by atoms with Crippen molar-refractivity contribution < 1.29 is 9.90 Å². The summed E-state index contributed by atoms with van der Waals surface area (Å²) < 4.78 is 0. The van der Waals surface area contributed by atoms with Gasteiger partial charge in [0.2, 0.25) is 0 Å². The molecule has 0 radical (unpaired) electrons. The Kier molecular flexibility index (Phi) is 4.78. The van der Waals surface area contributed by atoms with Gasteiger partial charge in [-0.25, -0.2) is 0 Å². The van der Waals surface area contributed by atoms with Crippen LogP contribution in [0.15, 0.2) is 0 Å². The Morgan fingerprint density at radius 2 is 1.80 bits per heavy atom. The molecule has 0 amide bonds. The average molecular weight is 281 g/mol. The molecule has 0 aromatic rings. The quantitative estimate of drug-likeness (QED) is 0.826. The largest absolute Gasteiger partial charge is 0.481 e. The molecule has 0 heterocycles. The molecular formula is C17H31NO2. The molecule has 2 saturated carbocycles. The van der Waals surface area contributed by atoms with Gasteiger partial charge in [-0.15, -0.1) is 0 Å². The Hall–Kier alpha value is -0.570. The minimum atomic E-state index is -0.621. The second-order valence-electron chi connectivity index (χ2n) is 7.68. The monoisotopic (exact) mass is 281 g/mol. The fourth-order valence-corrected chi connectivity index (χ4v) is 4.40. The van der Waals surface area contributed by atoms with E-state index < -0.39 is 5.97 Å². The van der Waals surface area contributed by atoms with Crippen molar-refractivity contribution in [2.45, 2.75) is 78.3 Å². The first-order chi connectivity index (χ1) is 9.34. The molecule has 4 atom stereocenters. The highest BCUT2D eigenvalue weighted by Gasteiger charge is 2.46. The van der Waals surface area contributed by atoms with Crippen LogP contribution in [0.3, 0.4) is 0 Å². The summed E-state index contributed by atoms with van der Waals surface area (Å²) in [5, 5.41) is 13.2. The second-order valence-corrected chi connectivity index (χ2v) is 7.68. The van der Waals surface area contributed by atoms with Crippen molar-refractivity contribution in [1.82, 2.24) is 5.32 Å². The molecule has 0 aromatic carbocycles. The lowest BCUT2D eigenvalue weighted by molar-refractivity contribution is -0.150. The predicted octanol–water partition coefficient (Wildman–Crippen LogP) is 3.68. The highest BCUT2D eigenvalue weighted by molar-refractivity contribution is 5.71. The van der Waals surface area contributed by atoms with Crippen LogP contribution in [-0.4, -0.2) is 23.2 Å². The van der Waals surface area contributed by atoms with E-state index in [0.29, 0.717) is 18.0 Å². The molecule has 2 rings (SSSR count). The molecule has 3 heteroatoms. The lowest BCUT2D eigenvalue weighted by atomic mass is 9.61. The van der Waals surface area contributed by atoms with E-state index in [1.807, 2.05) is 0 Å². The summed E-state index contributed by atoms with van der Waals surface area (Å²) in [6, 6.07) is 1.04. The van der Waals surface area contributed by atoms with Gasteiger partial charge in [-0.3, -0.25) is 4.79 Å². The Morgan fingerprint density at radius 1 is 1.20 bits per heavy atom. The molecule has 2 aliphatic rings. The van der Waals surface area contributed by atoms with Gasteiger partial charge in [-0.2, -0.15) is 0 Å². The van der Waals surface area contributed by atoms with Gasteiger partial charge in [0.15, 0.2) is 0 Å². The van der Waals surface area contributed by atoms with Crippen LogP contribution in [0.5, 0.6) is 0 Å². The van der Waals surface area contributed by atoms with Crippen LogP contribution in [0, 0.1) is 23.2 Å². The van der Waals surface area contributed by atoms with E-state index in [4.69, 9.17) is 0 Å². The summed E-state index contributed by atoms with van der Waals surface area (Å²) in [5.74, 6) is 0.408. The molecule has 0 spiro atoms. The molecule has 2 aliphatic carbocycles. The van der Waals surface area contributed by atoms with Gasteiger partial charge >= 0.3 is 5.97 Å². The summed E-state index contributed by atoms with van der Waals surface area (Å²) >= 11 is 0. The van der Waals surface area contributed by atoms with Crippen LogP contribution in [0.4, 0.5) is 0 Å². The highest BCUT2D eigenvalue weighted by Crippen LogP contribution is 2.45. The van der Waals surface area contributed by atoms with Crippen molar-refractivity contribution in [3.05, 3.63) is 0 Å². The zero-order valence-electron chi connectivity index (χ0n) is 13.5. The van der Waals surface area contributed by atoms with E-state index in [-0.39, 0.29) is 11.3 Å². The van der Waals surface area contributed by atoms with E-state index in [2.05, 4.69) is 33.0 Å². The normalized spacial score (nSPS) is 35.9. The smallest absolute Gasteiger partial charge is 0.307 e. The SMILES string of the molecule is CC(NC1CCC(C(=O)O)C(C)(C)C1C)C1CCCC1. The zero-order chi connectivity index (χ0) is 14.9. The number of hydrogen-bond acceptors (Lipinski definition) is 2. The van der Waals surface area contributed by atoms with E-state index in [9.17, 15) is 9.90 Å². The topological polar surface area (TPSA) is 49.3 Å². The van der Waals surface area contributed by atoms with E-state index >= 15 is 0 Å². The minimum Gasteiger partial charge on any atom is -0.481 e. The van der Waals surface area contributed by atoms with Crippen LogP contribution < -0.4 is 5.32 Å². The highest BCUT2D eigenvalue weighted by atomic mass is 16.4. The first-order valence-corrected chi connectivity index (χ1v) is 8.33. The van der Waals surface area contributed by atoms with Gasteiger partial charge in [0.25, 0.3) is 0 Å². The Bertz CT molecular complexity index is 347. The molecular weight excluding hydrogens is 250 g/mol. The molecule has 116 valence electrons. The summed E-state index contributed by atoms with van der Waals surface area (Å²) in [5.41, 5.74) is -0.128. The molecule has 0 bridgehead atoms. The Balaban J connectivity index is 1.98. The standard InChI is InChI=1S/C17H31NO2/c1-11-15(18-12(2)13-7-5-6-8-13)10-9-14(16(19)20)17(11,3)4/h11-15,18H,5-10H2,1-4H3,(H,19,20). The van der Waals surface area contributed by atoms with Gasteiger partial charge in [-0.05, 0) is 49.9 Å². The summed E-state index contributed by atoms with van der Waals surface area (Å²) in [4.78, 5) is 11.4. The van der Waals surface area contributed by atoms with Crippen LogP contribution >= 0.6 is 0 Å². The fraction of sp³-hybridized carbons (Fsp3) is 0.941. The predicted molar refractivity (Wildman–Crippen MR) is 81.6 cm³/mol. The van der Waals surface area contributed by atoms with Crippen molar-refractivity contribution in [1.29, 1.82) is 0 Å². The Morgan fingerprint density at radius 3 is 2.35 bits per heavy atom. The third-order valence-corrected chi connectivity index (χ3v) is 6.32. The summed E-state index contributed by atoms with van der Waals surface area (Å²) in [6.45, 7) is 8.81. The van der Waals surface area contributed by atoms with Gasteiger partial charge in [0.05, 0.1) is 5.92 Å². The van der Waals surface area contributed by atoms with Crippen molar-refractivity contribution in [3.63, 3.8) is 0 Å². The van der Waals surface area contributed by atoms with Crippen LogP contribution in [0.25, 0.3) is 0 Å². The maximum absolute atomic E-state index is 11.4. The maximum atomic E-state index is 11.4. The van der Waals surface area contributed by atoms with E-state index in [0.717, 1.165) is 18.8 Å². The van der Waals surface area contributed by atoms with Crippen LogP contribution in [0.2, 0.25) is 0 Å². The first-order valence-electron chi connectivity index (χ1n) is 8.33. The van der Waals surface area contributed by atoms with Crippen molar-refractivity contribution in [2.75, 3.05) is 0 Å². The molecule has 2 N–H and O–H groups in total. The average Bonchev–Trinajstić information content (AvgIpc) is 2.88. The molecule has 0 saturated heterocycles. The van der Waals surface area contributed by atoms with Gasteiger partial charge < -0.3 is 10.4 Å². The number of hydrogen-bond donors (Lipinski definition) is 2. The number of carboxylic acids is 1. The van der Waals surface area contributed by atoms with Crippen LogP contribution in [0.1, 0.15) is 66.2 Å². The second kappa shape index (κ2) is 6.05. The minimum absolute atomic E-state index is 0.128. The molecule has 20 heavy (non-hydrogen) atoms. The fourth-order valence-electron chi connectivity index (χ4n) is 4.40. The summed E-state index contributed by atoms with van der Waals surface area (Å²) in [7, 11) is 0. The van der Waals surface area contributed by atoms with Gasteiger partial charge in [-0.1, -0.05) is 33.6 Å². The lowest BCUT2D eigenvalue weighted by Gasteiger charge is -2.47.